The van der Waals surface area contributed by atoms with Crippen molar-refractivity contribution in [2.24, 2.45) is 0 Å². The van der Waals surface area contributed by atoms with E-state index in [0.717, 1.165) is 6.42 Å². The Labute approximate surface area is 127 Å². The minimum absolute atomic E-state index is 0.455. The Bertz CT molecular complexity index is 703. The number of hydrogen-bond acceptors (Lipinski definition) is 0. The molecule has 21 heavy (non-hydrogen) atoms. The van der Waals surface area contributed by atoms with Gasteiger partial charge in [-0.25, -0.2) is 0 Å². The average molecular weight is 343 g/mol. The zero-order chi connectivity index (χ0) is 16.3. The Morgan fingerprint density at radius 2 is 1.57 bits per heavy atom. The fourth-order valence-electron chi connectivity index (χ4n) is 4.05. The third-order valence-electron chi connectivity index (χ3n) is 5.82. The van der Waals surface area contributed by atoms with Gasteiger partial charge in [0.25, 0.3) is 0 Å². The maximum absolute atomic E-state index is 8.00. The number of rotatable bonds is 3. The zero-order valence-electron chi connectivity index (χ0n) is 14.7. The van der Waals surface area contributed by atoms with Crippen LogP contribution in [0.5, 0.6) is 0 Å². The van der Waals surface area contributed by atoms with Crippen LogP contribution in [0.15, 0.2) is 46.4 Å². The molecule has 0 spiro atoms. The maximum atomic E-state index is 8.00. The topological polar surface area (TPSA) is 0 Å². The summed E-state index contributed by atoms with van der Waals surface area (Å²) in [5.74, 6) is 0.455. The van der Waals surface area contributed by atoms with Crippen molar-refractivity contribution >= 4 is 13.2 Å². The van der Waals surface area contributed by atoms with Crippen LogP contribution in [0.4, 0.5) is 0 Å². The predicted octanol–water partition coefficient (Wildman–Crippen LogP) is 6.97. The van der Waals surface area contributed by atoms with E-state index >= 15 is 0 Å². The Balaban J connectivity index is 3.06. The van der Waals surface area contributed by atoms with Crippen molar-refractivity contribution in [3.05, 3.63) is 51.9 Å². The van der Waals surface area contributed by atoms with Gasteiger partial charge in [-0.2, -0.15) is 0 Å². The van der Waals surface area contributed by atoms with Crippen LogP contribution in [-0.2, 0) is 10.4 Å². The van der Waals surface area contributed by atoms with E-state index in [1.54, 1.807) is 0 Å². The van der Waals surface area contributed by atoms with Crippen LogP contribution in [0.3, 0.4) is 0 Å². The molecule has 0 N–H and O–H groups in total. The molecule has 1 aromatic rings. The summed E-state index contributed by atoms with van der Waals surface area (Å²) < 4.78 is 2.73. The molecule has 2 rings (SSSR count). The quantitative estimate of drug-likeness (QED) is 0.520. The second-order valence-electron chi connectivity index (χ2n) is 12.8. The van der Waals surface area contributed by atoms with E-state index in [2.05, 4.69) is 82.5 Å². The van der Waals surface area contributed by atoms with Crippen molar-refractivity contribution in [2.45, 2.75) is 52.3 Å². The monoisotopic (exact) mass is 342 g/mol. The van der Waals surface area contributed by atoms with E-state index in [0.29, 0.717) is 5.92 Å². The molecule has 0 fully saturated rings. The molecule has 0 aliphatic heterocycles. The van der Waals surface area contributed by atoms with E-state index < -0.39 is 10.4 Å². The van der Waals surface area contributed by atoms with Gasteiger partial charge in [0.15, 0.2) is 0 Å². The summed E-state index contributed by atoms with van der Waals surface area (Å²) in [6.07, 6.45) is 7.58. The molecule has 0 saturated heterocycles. The summed E-state index contributed by atoms with van der Waals surface area (Å²) in [5, 5.41) is 11.8. The number of benzene rings is 1. The van der Waals surface area contributed by atoms with E-state index in [9.17, 15) is 0 Å². The van der Waals surface area contributed by atoms with Gasteiger partial charge in [-0.05, 0) is 0 Å². The van der Waals surface area contributed by atoms with Gasteiger partial charge in [0.1, 0.15) is 0 Å². The summed E-state index contributed by atoms with van der Waals surface area (Å²) >= 11 is 0. The summed E-state index contributed by atoms with van der Waals surface area (Å²) in [7, 11) is 2.99. The molecule has 0 bridgehead atoms. The second kappa shape index (κ2) is 3.03. The van der Waals surface area contributed by atoms with E-state index in [-0.39, 0.29) is 0 Å². The molecule has 118 valence electrons. The molecule has 0 radical (unpaired) electrons. The van der Waals surface area contributed by atoms with Crippen LogP contribution in [-0.4, -0.2) is 0 Å². The van der Waals surface area contributed by atoms with Gasteiger partial charge in [-0.3, -0.25) is 0 Å². The number of halogens is 1. The van der Waals surface area contributed by atoms with Crippen molar-refractivity contribution in [3.63, 3.8) is 0 Å². The van der Waals surface area contributed by atoms with Gasteiger partial charge < -0.3 is 0 Å². The van der Waals surface area contributed by atoms with E-state index in [4.69, 9.17) is 9.30 Å². The molecule has 0 atom stereocenters. The number of hydrogen-bond donors (Lipinski definition) is 0. The molecule has 2 heteroatoms. The molecule has 0 amide bonds. The summed E-state index contributed by atoms with van der Waals surface area (Å²) in [4.78, 5) is 0. The molecule has 1 aliphatic rings. The molecule has 0 nitrogen and oxygen atoms in total. The van der Waals surface area contributed by atoms with Crippen LogP contribution >= 0.6 is 9.30 Å². The first kappa shape index (κ1) is 17.1. The van der Waals surface area contributed by atoms with Crippen LogP contribution < -0.4 is 3.87 Å². The molecule has 0 saturated carbocycles. The third-order valence-corrected chi connectivity index (χ3v) is 19.8. The van der Waals surface area contributed by atoms with Gasteiger partial charge in [0.2, 0.25) is 0 Å². The second-order valence-corrected chi connectivity index (χ2v) is 51.4. The molecular formula is C19H31ClTi. The minimum atomic E-state index is -5.01. The first-order valence-corrected chi connectivity index (χ1v) is 19.7. The van der Waals surface area contributed by atoms with Gasteiger partial charge >= 0.3 is 128 Å². The summed E-state index contributed by atoms with van der Waals surface area (Å²) in [5.41, 5.74) is 1.37. The molecule has 1 aliphatic carbocycles. The Morgan fingerprint density at radius 3 is 2.05 bits per heavy atom. The van der Waals surface area contributed by atoms with Gasteiger partial charge in [0.05, 0.1) is 0 Å². The summed E-state index contributed by atoms with van der Waals surface area (Å²) in [6, 6.07) is 8.78. The van der Waals surface area contributed by atoms with Crippen LogP contribution in [0.25, 0.3) is 0 Å². The standard InChI is InChI=1S/C9H11.C5H5.5CH3.ClH.Ti/c1-8(2)9-6-4-3-5-7-9;1-2-4-5-3-1;;;;;;;/h3-6,8H,1-2H3;1-3H,4H2;5*1H3;1H;/q;;;;;;;;+1/p-1. The van der Waals surface area contributed by atoms with Gasteiger partial charge in [0, 0.05) is 0 Å². The van der Waals surface area contributed by atoms with Crippen LogP contribution in [0, 0.1) is 0 Å². The SMILES string of the molecule is CC(C)c1cccc[c]1[Ti]([CH3])([CH3])([CH3])([CH3])([CH3])([Cl])[C]1=CC=CC1. The first-order valence-electron chi connectivity index (χ1n) is 8.18. The first-order chi connectivity index (χ1) is 8.98. The average Bonchev–Trinajstić information content (AvgIpc) is 2.82. The van der Waals surface area contributed by atoms with E-state index in [1.165, 1.54) is 13.3 Å². The van der Waals surface area contributed by atoms with Crippen LogP contribution in [0.1, 0.15) is 31.7 Å². The normalized spacial score (nSPS) is 23.0. The molecule has 1 aromatic carbocycles. The fourth-order valence-corrected chi connectivity index (χ4v) is 14.5. The summed E-state index contributed by atoms with van der Waals surface area (Å²) in [6.45, 7) is 4.51. The Kier molecular flexibility index (Phi) is 2.46. The van der Waals surface area contributed by atoms with E-state index in [1.807, 2.05) is 0 Å². The molecule has 0 heterocycles. The number of allylic oxidation sites excluding steroid dienone is 4. The Morgan fingerprint density at radius 1 is 1.00 bits per heavy atom. The zero-order valence-corrected chi connectivity index (χ0v) is 17.0. The van der Waals surface area contributed by atoms with Crippen molar-refractivity contribution in [1.82, 2.24) is 0 Å². The van der Waals surface area contributed by atoms with Crippen molar-refractivity contribution < 1.29 is 10.4 Å². The third kappa shape index (κ3) is 2.50. The fraction of sp³-hybridized carbons (Fsp3) is 0.474. The van der Waals surface area contributed by atoms with Gasteiger partial charge in [-0.1, -0.05) is 0 Å². The molecule has 0 aromatic heterocycles. The van der Waals surface area contributed by atoms with Gasteiger partial charge in [-0.15, -0.1) is 0 Å². The molecular weight excluding hydrogens is 312 g/mol. The predicted molar refractivity (Wildman–Crippen MR) is 97.2 cm³/mol. The Hall–Kier alpha value is -0.296. The van der Waals surface area contributed by atoms with Crippen molar-refractivity contribution in [2.75, 3.05) is 0 Å². The van der Waals surface area contributed by atoms with Crippen molar-refractivity contribution in [1.29, 1.82) is 0 Å². The molecule has 0 unspecified atom stereocenters. The van der Waals surface area contributed by atoms with Crippen molar-refractivity contribution in [3.8, 4) is 0 Å². The van der Waals surface area contributed by atoms with Crippen LogP contribution in [0.2, 0.25) is 26.1 Å².